The Labute approximate surface area is 167 Å². The van der Waals surface area contributed by atoms with Gasteiger partial charge >= 0.3 is 0 Å². The zero-order valence-corrected chi connectivity index (χ0v) is 15.6. The van der Waals surface area contributed by atoms with Crippen LogP contribution in [0.25, 0.3) is 0 Å². The quantitative estimate of drug-likeness (QED) is 0.629. The van der Waals surface area contributed by atoms with Gasteiger partial charge in [0.1, 0.15) is 23.9 Å². The molecule has 0 bridgehead atoms. The van der Waals surface area contributed by atoms with Crippen molar-refractivity contribution in [3.63, 3.8) is 0 Å². The van der Waals surface area contributed by atoms with Crippen molar-refractivity contribution in [3.05, 3.63) is 89.2 Å². The van der Waals surface area contributed by atoms with E-state index < -0.39 is 12.1 Å². The highest BCUT2D eigenvalue weighted by Gasteiger charge is 2.32. The number of fused-ring (bicyclic) bond motifs is 1. The van der Waals surface area contributed by atoms with E-state index in [0.717, 1.165) is 5.56 Å². The van der Waals surface area contributed by atoms with Crippen molar-refractivity contribution in [1.82, 2.24) is 5.06 Å². The maximum atomic E-state index is 13.1. The lowest BCUT2D eigenvalue weighted by Gasteiger charge is -2.33. The maximum absolute atomic E-state index is 13.1. The Morgan fingerprint density at radius 1 is 1.10 bits per heavy atom. The third kappa shape index (κ3) is 3.72. The van der Waals surface area contributed by atoms with Gasteiger partial charge in [-0.2, -0.15) is 5.06 Å². The van der Waals surface area contributed by atoms with Gasteiger partial charge in [0.2, 0.25) is 0 Å². The molecule has 1 amide bonds. The third-order valence-corrected chi connectivity index (χ3v) is 4.73. The molecule has 1 aliphatic rings. The number of nitrogens with zero attached hydrogens (tertiary/aromatic N) is 1. The maximum Gasteiger partial charge on any atom is 0.281 e. The van der Waals surface area contributed by atoms with Crippen LogP contribution < -0.4 is 14.8 Å². The molecule has 0 unspecified atom stereocenters. The molecule has 0 spiro atoms. The van der Waals surface area contributed by atoms with E-state index in [2.05, 4.69) is 5.32 Å². The number of hydrogen-bond donors (Lipinski definition) is 2. The Morgan fingerprint density at radius 3 is 2.62 bits per heavy atom. The fourth-order valence-electron chi connectivity index (χ4n) is 3.24. The predicted octanol–water partition coefficient (Wildman–Crippen LogP) is 4.37. The number of halogens is 1. The number of para-hydroxylation sites is 1. The lowest BCUT2D eigenvalue weighted by molar-refractivity contribution is -0.0851. The van der Waals surface area contributed by atoms with Gasteiger partial charge < -0.3 is 14.8 Å². The first-order chi connectivity index (χ1) is 14.1. The summed E-state index contributed by atoms with van der Waals surface area (Å²) in [6.07, 6.45) is -0.757. The number of carbonyl (C=O) groups excluding carboxylic acids is 1. The van der Waals surface area contributed by atoms with E-state index in [1.54, 1.807) is 55.6 Å². The van der Waals surface area contributed by atoms with Crippen molar-refractivity contribution in [3.8, 4) is 11.5 Å². The van der Waals surface area contributed by atoms with Gasteiger partial charge in [0, 0.05) is 11.3 Å². The van der Waals surface area contributed by atoms with Gasteiger partial charge in [-0.05, 0) is 54.1 Å². The minimum Gasteiger partial charge on any atom is -0.496 e. The van der Waals surface area contributed by atoms with Gasteiger partial charge in [-0.1, -0.05) is 18.2 Å². The highest BCUT2D eigenvalue weighted by molar-refractivity contribution is 6.01. The van der Waals surface area contributed by atoms with E-state index in [-0.39, 0.29) is 12.4 Å². The van der Waals surface area contributed by atoms with Crippen LogP contribution in [0.3, 0.4) is 0 Å². The SMILES string of the molecule is COc1ccc([C@H]2Nc3ccccc3C(=O)N2O)cc1COc1ccc(F)cc1. The number of carbonyl (C=O) groups is 1. The minimum absolute atomic E-state index is 0.172. The molecule has 3 aromatic carbocycles. The minimum atomic E-state index is -0.757. The Kier molecular flexibility index (Phi) is 5.05. The number of rotatable bonds is 5. The van der Waals surface area contributed by atoms with E-state index in [4.69, 9.17) is 9.47 Å². The zero-order valence-electron chi connectivity index (χ0n) is 15.6. The molecule has 0 fully saturated rings. The lowest BCUT2D eigenvalue weighted by Crippen LogP contribution is -2.40. The molecule has 0 saturated heterocycles. The van der Waals surface area contributed by atoms with Crippen LogP contribution in [0.5, 0.6) is 11.5 Å². The summed E-state index contributed by atoms with van der Waals surface area (Å²) in [6.45, 7) is 0.172. The number of amides is 1. The van der Waals surface area contributed by atoms with E-state index in [1.165, 1.54) is 12.1 Å². The fraction of sp³-hybridized carbons (Fsp3) is 0.136. The summed E-state index contributed by atoms with van der Waals surface area (Å²) in [5.41, 5.74) is 2.43. The van der Waals surface area contributed by atoms with Crippen molar-refractivity contribution in [1.29, 1.82) is 0 Å². The Balaban J connectivity index is 1.61. The highest BCUT2D eigenvalue weighted by atomic mass is 19.1. The summed E-state index contributed by atoms with van der Waals surface area (Å²) in [7, 11) is 1.55. The van der Waals surface area contributed by atoms with Crippen LogP contribution in [-0.2, 0) is 6.61 Å². The average Bonchev–Trinajstić information content (AvgIpc) is 2.75. The molecule has 0 aromatic heterocycles. The summed E-state index contributed by atoms with van der Waals surface area (Å²) < 4.78 is 24.2. The van der Waals surface area contributed by atoms with Crippen molar-refractivity contribution in [2.45, 2.75) is 12.8 Å². The van der Waals surface area contributed by atoms with Crippen LogP contribution in [0.4, 0.5) is 10.1 Å². The number of ether oxygens (including phenoxy) is 2. The third-order valence-electron chi connectivity index (χ3n) is 4.73. The topological polar surface area (TPSA) is 71.0 Å². The molecule has 1 aliphatic heterocycles. The lowest BCUT2D eigenvalue weighted by atomic mass is 10.0. The van der Waals surface area contributed by atoms with Crippen LogP contribution in [-0.4, -0.2) is 23.3 Å². The van der Waals surface area contributed by atoms with Crippen molar-refractivity contribution in [2.75, 3.05) is 12.4 Å². The standard InChI is InChI=1S/C22H19FN2O4/c1-28-20-11-6-14(12-15(20)13-29-17-9-7-16(23)8-10-17)21-24-19-5-3-2-4-18(19)22(26)25(21)27/h2-12,21,24,27H,13H2,1H3/t21-/m0/s1. The van der Waals surface area contributed by atoms with Gasteiger partial charge in [0.15, 0.2) is 6.17 Å². The van der Waals surface area contributed by atoms with Crippen molar-refractivity contribution >= 4 is 11.6 Å². The molecule has 1 atom stereocenters. The summed E-state index contributed by atoms with van der Waals surface area (Å²) in [6, 6.07) is 18.0. The number of benzene rings is 3. The van der Waals surface area contributed by atoms with Crippen LogP contribution in [0.2, 0.25) is 0 Å². The molecular weight excluding hydrogens is 375 g/mol. The first-order valence-corrected chi connectivity index (χ1v) is 9.00. The molecule has 0 radical (unpaired) electrons. The Morgan fingerprint density at radius 2 is 1.86 bits per heavy atom. The molecule has 4 rings (SSSR count). The van der Waals surface area contributed by atoms with Crippen molar-refractivity contribution in [2.24, 2.45) is 0 Å². The first-order valence-electron chi connectivity index (χ1n) is 9.00. The van der Waals surface area contributed by atoms with E-state index in [9.17, 15) is 14.4 Å². The molecule has 1 heterocycles. The fourth-order valence-corrected chi connectivity index (χ4v) is 3.24. The van der Waals surface area contributed by atoms with Crippen LogP contribution in [0, 0.1) is 5.82 Å². The summed E-state index contributed by atoms with van der Waals surface area (Å²) in [5, 5.41) is 14.3. The van der Waals surface area contributed by atoms with Gasteiger partial charge in [-0.15, -0.1) is 0 Å². The molecule has 6 nitrogen and oxygen atoms in total. The van der Waals surface area contributed by atoms with Gasteiger partial charge in [-0.3, -0.25) is 10.0 Å². The summed E-state index contributed by atoms with van der Waals surface area (Å²) in [5.74, 6) is 0.294. The number of hydroxylamine groups is 2. The monoisotopic (exact) mass is 394 g/mol. The van der Waals surface area contributed by atoms with E-state index >= 15 is 0 Å². The smallest absolute Gasteiger partial charge is 0.281 e. The van der Waals surface area contributed by atoms with Crippen molar-refractivity contribution < 1.29 is 23.9 Å². The van der Waals surface area contributed by atoms with Crippen LogP contribution in [0.1, 0.15) is 27.7 Å². The average molecular weight is 394 g/mol. The molecule has 7 heteroatoms. The second-order valence-corrected chi connectivity index (χ2v) is 6.56. The zero-order chi connectivity index (χ0) is 20.4. The van der Waals surface area contributed by atoms with Gasteiger partial charge in [0.05, 0.1) is 12.7 Å². The van der Waals surface area contributed by atoms with Crippen LogP contribution >= 0.6 is 0 Å². The Bertz CT molecular complexity index is 1040. The normalized spacial score (nSPS) is 15.5. The summed E-state index contributed by atoms with van der Waals surface area (Å²) in [4.78, 5) is 12.5. The molecule has 0 aliphatic carbocycles. The molecule has 0 saturated carbocycles. The Hall–Kier alpha value is -3.58. The molecule has 148 valence electrons. The van der Waals surface area contributed by atoms with Gasteiger partial charge in [0.25, 0.3) is 5.91 Å². The van der Waals surface area contributed by atoms with E-state index in [0.29, 0.717) is 33.4 Å². The second kappa shape index (κ2) is 7.81. The second-order valence-electron chi connectivity index (χ2n) is 6.56. The molecule has 29 heavy (non-hydrogen) atoms. The first kappa shape index (κ1) is 18.8. The number of methoxy groups -OCH3 is 1. The molecule has 3 aromatic rings. The predicted molar refractivity (Wildman–Crippen MR) is 104 cm³/mol. The van der Waals surface area contributed by atoms with E-state index in [1.807, 2.05) is 6.07 Å². The molecule has 2 N–H and O–H groups in total. The highest BCUT2D eigenvalue weighted by Crippen LogP contribution is 2.33. The largest absolute Gasteiger partial charge is 0.496 e. The van der Waals surface area contributed by atoms with Gasteiger partial charge in [-0.25, -0.2) is 4.39 Å². The summed E-state index contributed by atoms with van der Waals surface area (Å²) >= 11 is 0. The number of nitrogens with one attached hydrogen (secondary N) is 1. The number of anilines is 1. The number of hydrogen-bond acceptors (Lipinski definition) is 5. The van der Waals surface area contributed by atoms with Crippen LogP contribution in [0.15, 0.2) is 66.7 Å². The molecular formula is C22H19FN2O4.